The smallest absolute Gasteiger partial charge is 0.242 e. The quantitative estimate of drug-likeness (QED) is 0.724. The summed E-state index contributed by atoms with van der Waals surface area (Å²) in [4.78, 5) is 9.71. The molecule has 1 heterocycles. The molecule has 0 radical (unpaired) electrons. The van der Waals surface area contributed by atoms with Gasteiger partial charge in [-0.05, 0) is 6.92 Å². The monoisotopic (exact) mass is 212 g/mol. The minimum Gasteiger partial charge on any atom is -0.479 e. The molecule has 1 aromatic rings. The minimum atomic E-state index is -0.0630. The maximum atomic E-state index is 9.03. The van der Waals surface area contributed by atoms with Crippen LogP contribution in [0.1, 0.15) is 6.92 Å². The summed E-state index contributed by atoms with van der Waals surface area (Å²) in [5, 5.41) is 9.03. The van der Waals surface area contributed by atoms with Crippen molar-refractivity contribution in [2.45, 2.75) is 13.0 Å². The summed E-state index contributed by atoms with van der Waals surface area (Å²) < 4.78 is 4.98. The molecule has 0 bridgehead atoms. The first-order chi connectivity index (χ1) is 7.11. The number of hydrogen-bond donors (Lipinski definition) is 2. The van der Waals surface area contributed by atoms with Crippen molar-refractivity contribution in [2.75, 3.05) is 31.4 Å². The van der Waals surface area contributed by atoms with E-state index in [2.05, 4.69) is 9.97 Å². The molecule has 1 unspecified atom stereocenters. The summed E-state index contributed by atoms with van der Waals surface area (Å²) in [5.41, 5.74) is 6.19. The van der Waals surface area contributed by atoms with Crippen molar-refractivity contribution < 1.29 is 9.84 Å². The third-order valence-corrected chi connectivity index (χ3v) is 2.28. The molecule has 1 atom stereocenters. The average molecular weight is 212 g/mol. The van der Waals surface area contributed by atoms with E-state index in [-0.39, 0.29) is 12.6 Å². The Morgan fingerprint density at radius 2 is 2.27 bits per heavy atom. The van der Waals surface area contributed by atoms with Gasteiger partial charge in [0.15, 0.2) is 5.82 Å². The lowest BCUT2D eigenvalue weighted by Gasteiger charge is -2.25. The second-order valence-corrected chi connectivity index (χ2v) is 3.26. The number of aliphatic hydroxyl groups is 1. The molecule has 0 fully saturated rings. The number of aromatic nitrogens is 2. The fourth-order valence-electron chi connectivity index (χ4n) is 1.15. The van der Waals surface area contributed by atoms with E-state index in [0.29, 0.717) is 17.4 Å². The van der Waals surface area contributed by atoms with Gasteiger partial charge in [-0.2, -0.15) is 4.98 Å². The van der Waals surface area contributed by atoms with Gasteiger partial charge in [0.05, 0.1) is 19.8 Å². The maximum Gasteiger partial charge on any atom is 0.242 e. The topological polar surface area (TPSA) is 84.5 Å². The molecule has 0 spiro atoms. The molecule has 0 aliphatic carbocycles. The number of nitrogens with zero attached hydrogens (tertiary/aromatic N) is 3. The predicted molar refractivity (Wildman–Crippen MR) is 57.9 cm³/mol. The van der Waals surface area contributed by atoms with E-state index in [1.54, 1.807) is 11.9 Å². The largest absolute Gasteiger partial charge is 0.479 e. The first-order valence-electron chi connectivity index (χ1n) is 4.60. The Hall–Kier alpha value is -1.56. The van der Waals surface area contributed by atoms with E-state index < -0.39 is 0 Å². The summed E-state index contributed by atoms with van der Waals surface area (Å²) in [7, 11) is 3.30. The highest BCUT2D eigenvalue weighted by Crippen LogP contribution is 2.27. The number of anilines is 2. The lowest BCUT2D eigenvalue weighted by atomic mass is 10.3. The molecule has 0 saturated heterocycles. The molecule has 6 nitrogen and oxygen atoms in total. The third-order valence-electron chi connectivity index (χ3n) is 2.28. The van der Waals surface area contributed by atoms with Crippen LogP contribution >= 0.6 is 0 Å². The van der Waals surface area contributed by atoms with Gasteiger partial charge in [-0.3, -0.25) is 0 Å². The first-order valence-corrected chi connectivity index (χ1v) is 4.60. The van der Waals surface area contributed by atoms with Crippen LogP contribution in [0.3, 0.4) is 0 Å². The standard InChI is InChI=1S/C9H16N4O2/c1-6(4-14)13(2)8-7(10)9(15-3)12-5-11-8/h5-6,14H,4,10H2,1-3H3. The average Bonchev–Trinajstić information content (AvgIpc) is 2.27. The highest BCUT2D eigenvalue weighted by molar-refractivity contribution is 5.67. The highest BCUT2D eigenvalue weighted by atomic mass is 16.5. The second-order valence-electron chi connectivity index (χ2n) is 3.26. The van der Waals surface area contributed by atoms with Crippen molar-refractivity contribution in [3.05, 3.63) is 6.33 Å². The molecule has 0 saturated carbocycles. The summed E-state index contributed by atoms with van der Waals surface area (Å²) in [6.45, 7) is 1.90. The first kappa shape index (κ1) is 11.5. The molecule has 1 aromatic heterocycles. The number of nitrogens with two attached hydrogens (primary N) is 1. The zero-order valence-electron chi connectivity index (χ0n) is 9.14. The van der Waals surface area contributed by atoms with Gasteiger partial charge in [-0.1, -0.05) is 0 Å². The zero-order chi connectivity index (χ0) is 11.4. The molecular formula is C9H16N4O2. The van der Waals surface area contributed by atoms with E-state index in [1.165, 1.54) is 13.4 Å². The van der Waals surface area contributed by atoms with E-state index >= 15 is 0 Å². The summed E-state index contributed by atoms with van der Waals surface area (Å²) in [5.74, 6) is 0.903. The number of hydrogen-bond acceptors (Lipinski definition) is 6. The van der Waals surface area contributed by atoms with E-state index in [4.69, 9.17) is 15.6 Å². The van der Waals surface area contributed by atoms with Crippen LogP contribution in [0, 0.1) is 0 Å². The SMILES string of the molecule is COc1ncnc(N(C)C(C)CO)c1N. The number of aliphatic hydroxyl groups excluding tert-OH is 1. The number of ether oxygens (including phenoxy) is 1. The van der Waals surface area contributed by atoms with Crippen molar-refractivity contribution in [2.24, 2.45) is 0 Å². The van der Waals surface area contributed by atoms with Crippen LogP contribution in [0.15, 0.2) is 6.33 Å². The van der Waals surface area contributed by atoms with Crippen LogP contribution in [0.25, 0.3) is 0 Å². The van der Waals surface area contributed by atoms with Crippen molar-refractivity contribution in [1.82, 2.24) is 9.97 Å². The van der Waals surface area contributed by atoms with Crippen LogP contribution in [-0.2, 0) is 0 Å². The summed E-state index contributed by atoms with van der Waals surface area (Å²) in [6.07, 6.45) is 1.38. The van der Waals surface area contributed by atoms with Gasteiger partial charge in [-0.15, -0.1) is 0 Å². The molecule has 1 rings (SSSR count). The third kappa shape index (κ3) is 2.27. The Labute approximate surface area is 88.7 Å². The zero-order valence-corrected chi connectivity index (χ0v) is 9.14. The van der Waals surface area contributed by atoms with E-state index in [1.807, 2.05) is 6.92 Å². The molecule has 0 aromatic carbocycles. The van der Waals surface area contributed by atoms with Crippen LogP contribution in [0.2, 0.25) is 0 Å². The Kier molecular flexibility index (Phi) is 3.68. The number of methoxy groups -OCH3 is 1. The van der Waals surface area contributed by atoms with Crippen molar-refractivity contribution in [3.63, 3.8) is 0 Å². The fourth-order valence-corrected chi connectivity index (χ4v) is 1.15. The Balaban J connectivity index is 3.03. The summed E-state index contributed by atoms with van der Waals surface area (Å²) >= 11 is 0. The Morgan fingerprint density at radius 1 is 1.60 bits per heavy atom. The molecule has 0 aliphatic heterocycles. The van der Waals surface area contributed by atoms with Crippen LogP contribution in [-0.4, -0.2) is 41.9 Å². The van der Waals surface area contributed by atoms with Gasteiger partial charge in [-0.25, -0.2) is 4.98 Å². The molecular weight excluding hydrogens is 196 g/mol. The van der Waals surface area contributed by atoms with Crippen molar-refractivity contribution >= 4 is 11.5 Å². The van der Waals surface area contributed by atoms with Crippen LogP contribution in [0.4, 0.5) is 11.5 Å². The van der Waals surface area contributed by atoms with Gasteiger partial charge in [0.25, 0.3) is 0 Å². The van der Waals surface area contributed by atoms with Gasteiger partial charge in [0, 0.05) is 7.05 Å². The van der Waals surface area contributed by atoms with Crippen molar-refractivity contribution in [3.8, 4) is 5.88 Å². The highest BCUT2D eigenvalue weighted by Gasteiger charge is 2.16. The molecule has 15 heavy (non-hydrogen) atoms. The maximum absolute atomic E-state index is 9.03. The molecule has 3 N–H and O–H groups in total. The fraction of sp³-hybridized carbons (Fsp3) is 0.556. The van der Waals surface area contributed by atoms with Gasteiger partial charge in [0.2, 0.25) is 5.88 Å². The minimum absolute atomic E-state index is 0.0300. The van der Waals surface area contributed by atoms with E-state index in [0.717, 1.165) is 0 Å². The molecule has 6 heteroatoms. The second kappa shape index (κ2) is 4.79. The van der Waals surface area contributed by atoms with E-state index in [9.17, 15) is 0 Å². The molecule has 84 valence electrons. The number of nitrogen functional groups attached to an aromatic ring is 1. The van der Waals surface area contributed by atoms with Crippen LogP contribution in [0.5, 0.6) is 5.88 Å². The van der Waals surface area contributed by atoms with Crippen molar-refractivity contribution in [1.29, 1.82) is 0 Å². The Morgan fingerprint density at radius 3 is 2.80 bits per heavy atom. The number of likely N-dealkylation sites (N-methyl/N-ethyl adjacent to an activating group) is 1. The van der Waals surface area contributed by atoms with Gasteiger partial charge < -0.3 is 20.5 Å². The summed E-state index contributed by atoms with van der Waals surface area (Å²) in [6, 6.07) is -0.0630. The normalized spacial score (nSPS) is 12.3. The molecule has 0 amide bonds. The lowest BCUT2D eigenvalue weighted by Crippen LogP contribution is -2.33. The number of rotatable bonds is 4. The van der Waals surface area contributed by atoms with Gasteiger partial charge in [0.1, 0.15) is 12.0 Å². The lowest BCUT2D eigenvalue weighted by molar-refractivity contribution is 0.269. The molecule has 0 aliphatic rings. The van der Waals surface area contributed by atoms with Crippen LogP contribution < -0.4 is 15.4 Å². The van der Waals surface area contributed by atoms with Gasteiger partial charge >= 0.3 is 0 Å². The predicted octanol–water partition coefficient (Wildman–Crippen LogP) is -0.116. The Bertz CT molecular complexity index is 332.